The minimum atomic E-state index is -0.695. The van der Waals surface area contributed by atoms with Crippen LogP contribution in [0.15, 0.2) is 0 Å². The van der Waals surface area contributed by atoms with Crippen LogP contribution < -0.4 is 5.32 Å². The minimum absolute atomic E-state index is 0.613. The Labute approximate surface area is 66.8 Å². The number of nitrogens with one attached hydrogen (secondary N) is 1. The fourth-order valence-electron chi connectivity index (χ4n) is 1.73. The number of rotatable bonds is 2. The van der Waals surface area contributed by atoms with E-state index in [9.17, 15) is 4.79 Å². The van der Waals surface area contributed by atoms with E-state index in [0.29, 0.717) is 0 Å². The van der Waals surface area contributed by atoms with Crippen molar-refractivity contribution in [3.8, 4) is 0 Å². The monoisotopic (exact) mass is 157 g/mol. The van der Waals surface area contributed by atoms with Crippen molar-refractivity contribution in [2.45, 2.75) is 37.6 Å². The highest BCUT2D eigenvalue weighted by Gasteiger charge is 2.37. The summed E-state index contributed by atoms with van der Waals surface area (Å²) >= 11 is 0. The maximum atomic E-state index is 10.8. The third-order valence-corrected chi connectivity index (χ3v) is 2.60. The highest BCUT2D eigenvalue weighted by molar-refractivity contribution is 5.78. The molecule has 0 atom stereocenters. The molecule has 1 aliphatic carbocycles. The molecule has 1 rings (SSSR count). The second kappa shape index (κ2) is 3.22. The Balaban J connectivity index is 2.64. The van der Waals surface area contributed by atoms with E-state index in [1.165, 1.54) is 6.42 Å². The summed E-state index contributed by atoms with van der Waals surface area (Å²) in [5.74, 6) is -0.695. The molecular formula is C8H15NO2. The SMILES string of the molecule is CNC1(C(=O)O)CCCCC1. The number of carboxylic acids is 1. The van der Waals surface area contributed by atoms with Gasteiger partial charge >= 0.3 is 5.97 Å². The molecule has 0 spiro atoms. The van der Waals surface area contributed by atoms with E-state index < -0.39 is 11.5 Å². The summed E-state index contributed by atoms with van der Waals surface area (Å²) in [5, 5.41) is 11.8. The van der Waals surface area contributed by atoms with Crippen molar-refractivity contribution in [3.05, 3.63) is 0 Å². The first-order valence-corrected chi connectivity index (χ1v) is 4.13. The van der Waals surface area contributed by atoms with Crippen LogP contribution in [0.25, 0.3) is 0 Å². The minimum Gasteiger partial charge on any atom is -0.480 e. The molecule has 11 heavy (non-hydrogen) atoms. The van der Waals surface area contributed by atoms with Crippen LogP contribution in [0.3, 0.4) is 0 Å². The summed E-state index contributed by atoms with van der Waals surface area (Å²) in [6, 6.07) is 0. The molecule has 64 valence electrons. The first kappa shape index (κ1) is 8.53. The molecular weight excluding hydrogens is 142 g/mol. The number of aliphatic carboxylic acids is 1. The lowest BCUT2D eigenvalue weighted by atomic mass is 9.82. The maximum absolute atomic E-state index is 10.8. The lowest BCUT2D eigenvalue weighted by molar-refractivity contribution is -0.146. The Morgan fingerprint density at radius 1 is 1.36 bits per heavy atom. The van der Waals surface area contributed by atoms with Gasteiger partial charge in [0.25, 0.3) is 0 Å². The summed E-state index contributed by atoms with van der Waals surface area (Å²) in [4.78, 5) is 10.8. The molecule has 1 aliphatic rings. The van der Waals surface area contributed by atoms with Gasteiger partial charge in [-0.05, 0) is 19.9 Å². The van der Waals surface area contributed by atoms with Crippen LogP contribution in [0.1, 0.15) is 32.1 Å². The van der Waals surface area contributed by atoms with Gasteiger partial charge in [0.2, 0.25) is 0 Å². The van der Waals surface area contributed by atoms with Gasteiger partial charge in [0.15, 0.2) is 0 Å². The molecule has 1 saturated carbocycles. The molecule has 0 radical (unpaired) electrons. The lowest BCUT2D eigenvalue weighted by Crippen LogP contribution is -2.51. The highest BCUT2D eigenvalue weighted by atomic mass is 16.4. The molecule has 0 amide bonds. The number of carbonyl (C=O) groups is 1. The van der Waals surface area contributed by atoms with Crippen molar-refractivity contribution in [2.24, 2.45) is 0 Å². The lowest BCUT2D eigenvalue weighted by Gasteiger charge is -2.32. The molecule has 2 N–H and O–H groups in total. The Hall–Kier alpha value is -0.570. The first-order valence-electron chi connectivity index (χ1n) is 4.13. The van der Waals surface area contributed by atoms with Gasteiger partial charge in [-0.15, -0.1) is 0 Å². The predicted octanol–water partition coefficient (Wildman–Crippen LogP) is 0.993. The van der Waals surface area contributed by atoms with Gasteiger partial charge in [-0.25, -0.2) is 0 Å². The molecule has 0 saturated heterocycles. The number of likely N-dealkylation sites (N-methyl/N-ethyl adjacent to an activating group) is 1. The van der Waals surface area contributed by atoms with Gasteiger partial charge in [0, 0.05) is 0 Å². The van der Waals surface area contributed by atoms with Crippen molar-refractivity contribution in [3.63, 3.8) is 0 Å². The van der Waals surface area contributed by atoms with E-state index in [4.69, 9.17) is 5.11 Å². The summed E-state index contributed by atoms with van der Waals surface area (Å²) in [6.45, 7) is 0. The zero-order chi connectivity index (χ0) is 8.32. The quantitative estimate of drug-likeness (QED) is 0.628. The average molecular weight is 157 g/mol. The largest absolute Gasteiger partial charge is 0.480 e. The molecule has 0 bridgehead atoms. The smallest absolute Gasteiger partial charge is 0.323 e. The van der Waals surface area contributed by atoms with E-state index in [-0.39, 0.29) is 0 Å². The molecule has 0 aliphatic heterocycles. The third-order valence-electron chi connectivity index (χ3n) is 2.60. The summed E-state index contributed by atoms with van der Waals surface area (Å²) in [5.41, 5.74) is -0.613. The number of hydrogen-bond acceptors (Lipinski definition) is 2. The second-order valence-corrected chi connectivity index (χ2v) is 3.20. The summed E-state index contributed by atoms with van der Waals surface area (Å²) < 4.78 is 0. The fraction of sp³-hybridized carbons (Fsp3) is 0.875. The Morgan fingerprint density at radius 2 is 1.91 bits per heavy atom. The van der Waals surface area contributed by atoms with Gasteiger partial charge in [-0.2, -0.15) is 0 Å². The third kappa shape index (κ3) is 1.53. The molecule has 0 aromatic rings. The standard InChI is InChI=1S/C8H15NO2/c1-9-8(7(10)11)5-3-2-4-6-8/h9H,2-6H2,1H3,(H,10,11). The molecule has 1 fully saturated rings. The van der Waals surface area contributed by atoms with Gasteiger partial charge < -0.3 is 10.4 Å². The zero-order valence-corrected chi connectivity index (χ0v) is 6.89. The second-order valence-electron chi connectivity index (χ2n) is 3.20. The van der Waals surface area contributed by atoms with Crippen LogP contribution in [0, 0.1) is 0 Å². The van der Waals surface area contributed by atoms with Crippen molar-refractivity contribution < 1.29 is 9.90 Å². The topological polar surface area (TPSA) is 49.3 Å². The zero-order valence-electron chi connectivity index (χ0n) is 6.89. The summed E-state index contributed by atoms with van der Waals surface area (Å²) in [7, 11) is 1.74. The van der Waals surface area contributed by atoms with Crippen LogP contribution in [0.4, 0.5) is 0 Å². The van der Waals surface area contributed by atoms with Crippen LogP contribution in [-0.2, 0) is 4.79 Å². The first-order chi connectivity index (χ1) is 5.21. The van der Waals surface area contributed by atoms with E-state index in [2.05, 4.69) is 5.32 Å². The van der Waals surface area contributed by atoms with Crippen molar-refractivity contribution in [1.29, 1.82) is 0 Å². The van der Waals surface area contributed by atoms with Gasteiger partial charge in [0.05, 0.1) is 0 Å². The van der Waals surface area contributed by atoms with Crippen LogP contribution in [0.5, 0.6) is 0 Å². The predicted molar refractivity (Wildman–Crippen MR) is 42.5 cm³/mol. The van der Waals surface area contributed by atoms with Gasteiger partial charge in [0.1, 0.15) is 5.54 Å². The Kier molecular flexibility index (Phi) is 2.49. The average Bonchev–Trinajstić information content (AvgIpc) is 2.05. The molecule has 3 nitrogen and oxygen atoms in total. The van der Waals surface area contributed by atoms with E-state index in [0.717, 1.165) is 25.7 Å². The Bertz CT molecular complexity index is 150. The molecule has 3 heteroatoms. The van der Waals surface area contributed by atoms with Crippen molar-refractivity contribution in [1.82, 2.24) is 5.32 Å². The van der Waals surface area contributed by atoms with E-state index in [1.807, 2.05) is 0 Å². The fourth-order valence-corrected chi connectivity index (χ4v) is 1.73. The molecule has 0 heterocycles. The van der Waals surface area contributed by atoms with E-state index >= 15 is 0 Å². The summed E-state index contributed by atoms with van der Waals surface area (Å²) in [6.07, 6.45) is 4.80. The maximum Gasteiger partial charge on any atom is 0.323 e. The molecule has 0 aromatic heterocycles. The van der Waals surface area contributed by atoms with Crippen molar-refractivity contribution >= 4 is 5.97 Å². The molecule has 0 unspecified atom stereocenters. The van der Waals surface area contributed by atoms with Gasteiger partial charge in [-0.1, -0.05) is 19.3 Å². The van der Waals surface area contributed by atoms with E-state index in [1.54, 1.807) is 7.05 Å². The van der Waals surface area contributed by atoms with Crippen LogP contribution in [0.2, 0.25) is 0 Å². The van der Waals surface area contributed by atoms with Crippen LogP contribution in [-0.4, -0.2) is 23.7 Å². The normalized spacial score (nSPS) is 23.0. The molecule has 0 aromatic carbocycles. The Morgan fingerprint density at radius 3 is 2.18 bits per heavy atom. The highest BCUT2D eigenvalue weighted by Crippen LogP contribution is 2.27. The van der Waals surface area contributed by atoms with Gasteiger partial charge in [-0.3, -0.25) is 4.79 Å². The van der Waals surface area contributed by atoms with Crippen LogP contribution >= 0.6 is 0 Å². The number of carboxylic acid groups (broad SMARTS) is 1. The van der Waals surface area contributed by atoms with Crippen molar-refractivity contribution in [2.75, 3.05) is 7.05 Å². The number of hydrogen-bond donors (Lipinski definition) is 2.